The number of nitrogens with zero attached hydrogens (tertiary/aromatic N) is 5. The predicted octanol–water partition coefficient (Wildman–Crippen LogP) is 15.9. The fourth-order valence-electron chi connectivity index (χ4n) is 9.64. The summed E-state index contributed by atoms with van der Waals surface area (Å²) in [7, 11) is 0. The standard InChI is InChI=1S/C66H52BN5O.Pt/c1-46-23-15-16-32-54(46)57-41-42-63(72-61-38-20-19-37-60(61)71(52-30-13-8-14-31-52)67(72)51-28-11-7-12-29-51)68-65(57)73-62-44-53(40-39-47(62)2)69-45-70(59-36-18-17-35-58(59)69)64-55(48-24-9-6-10-25-48)33-22-34-56(64)49-26-21-27-50(43-49)66(3,4)5;/h6-37,39-43H,1-5H3;/q-2;/i1D3,2D3,6D,9D,10D,15D,16D,23D,24D,25D,32D;. The number of aromatic nitrogens is 3. The molecule has 12 rings (SSSR count). The Morgan fingerprint density at radius 1 is 0.608 bits per heavy atom. The fraction of sp³-hybridized carbons (Fsp3) is 0.0909. The molecule has 0 saturated carbocycles. The first kappa shape index (κ1) is 32.7. The molecular weight excluding hydrogens is 1080 g/mol. The molecule has 0 atom stereocenters. The molecule has 0 radical (unpaired) electrons. The zero-order chi connectivity index (χ0) is 63.3. The summed E-state index contributed by atoms with van der Waals surface area (Å²) in [5.41, 5.74) is 5.64. The molecule has 1 aliphatic heterocycles. The molecule has 11 aromatic rings. The van der Waals surface area contributed by atoms with Gasteiger partial charge in [-0.3, -0.25) is 0 Å². The van der Waals surface area contributed by atoms with Crippen LogP contribution < -0.4 is 19.8 Å². The van der Waals surface area contributed by atoms with E-state index in [4.69, 9.17) is 26.2 Å². The SMILES string of the molecule is [2H]c1c([2H])c([2H])c(-c2cccc(-c3cccc(C(C)(C)C)c3)c2-n2[c](=[Pt])n(-c3[c-]c(Oc4nc(N5B(c6ccccc6)N(c6ccccc6)c6ccc[c-]c65)ccc4-c4c([2H])c([2H])c([2H])c([2H])c4C([2H])([2H])[2H])c(C([2H])([2H])[2H])cc3)c3ccccc32)c([2H])c1[2H]. The zero-order valence-corrected chi connectivity index (χ0v) is 42.5. The third-order valence-corrected chi connectivity index (χ3v) is 14.1. The van der Waals surface area contributed by atoms with Gasteiger partial charge in [0.05, 0.1) is 1.37 Å². The van der Waals surface area contributed by atoms with Crippen LogP contribution in [0.4, 0.5) is 22.9 Å². The fourth-order valence-corrected chi connectivity index (χ4v) is 10.7. The van der Waals surface area contributed by atoms with E-state index in [1.54, 1.807) is 30.3 Å². The van der Waals surface area contributed by atoms with Gasteiger partial charge in [0.2, 0.25) is 0 Å². The van der Waals surface area contributed by atoms with Crippen LogP contribution in [0.25, 0.3) is 55.8 Å². The minimum absolute atomic E-state index is 0.0295. The van der Waals surface area contributed by atoms with Crippen molar-refractivity contribution in [2.45, 2.75) is 39.9 Å². The number of benzene rings is 9. The zero-order valence-electron chi connectivity index (χ0n) is 55.2. The van der Waals surface area contributed by atoms with Gasteiger partial charge in [0, 0.05) is 5.69 Å². The van der Waals surface area contributed by atoms with Crippen LogP contribution in [0.3, 0.4) is 0 Å². The molecule has 2 aromatic heterocycles. The minimum atomic E-state index is -3.12. The van der Waals surface area contributed by atoms with Crippen molar-refractivity contribution in [2.24, 2.45) is 0 Å². The number of para-hydroxylation sites is 5. The first-order chi connectivity index (χ1) is 42.3. The summed E-state index contributed by atoms with van der Waals surface area (Å²) in [4.78, 5) is 9.20. The summed E-state index contributed by atoms with van der Waals surface area (Å²) in [5.74, 6) is -0.601. The summed E-state index contributed by atoms with van der Waals surface area (Å²) >= 11 is 2.14. The summed E-state index contributed by atoms with van der Waals surface area (Å²) in [5, 5.41) is 0. The van der Waals surface area contributed by atoms with E-state index in [2.05, 4.69) is 63.1 Å². The number of anilines is 4. The van der Waals surface area contributed by atoms with Gasteiger partial charge >= 0.3 is 382 Å². The molecule has 74 heavy (non-hydrogen) atoms. The molecule has 9 aromatic carbocycles. The molecule has 0 aliphatic carbocycles. The molecular formula is C66H52BN5OPt-2. The second-order valence-corrected chi connectivity index (χ2v) is 19.7. The number of pyridine rings is 1. The van der Waals surface area contributed by atoms with Crippen molar-refractivity contribution in [1.29, 1.82) is 0 Å². The van der Waals surface area contributed by atoms with Gasteiger partial charge in [-0.05, 0) is 12.1 Å². The number of rotatable bonds is 10. The molecule has 6 nitrogen and oxygen atoms in total. The van der Waals surface area contributed by atoms with Crippen molar-refractivity contribution in [1.82, 2.24) is 14.1 Å². The van der Waals surface area contributed by atoms with Crippen LogP contribution in [0.15, 0.2) is 224 Å². The molecule has 0 spiro atoms. The molecule has 362 valence electrons. The van der Waals surface area contributed by atoms with Crippen LogP contribution in [-0.4, -0.2) is 21.1 Å². The van der Waals surface area contributed by atoms with Gasteiger partial charge in [0.25, 0.3) is 0 Å². The Balaban J connectivity index is 1.12. The van der Waals surface area contributed by atoms with Gasteiger partial charge in [-0.2, -0.15) is 12.1 Å². The summed E-state index contributed by atoms with van der Waals surface area (Å²) in [6.07, 6.45) is 0. The van der Waals surface area contributed by atoms with Gasteiger partial charge in [0.15, 0.2) is 0 Å². The van der Waals surface area contributed by atoms with Gasteiger partial charge in [-0.1, -0.05) is 48.5 Å². The third kappa shape index (κ3) is 8.41. The van der Waals surface area contributed by atoms with Crippen molar-refractivity contribution in [3.05, 3.63) is 257 Å². The summed E-state index contributed by atoms with van der Waals surface area (Å²) in [6.45, 7) is -0.360. The molecule has 3 heterocycles. The third-order valence-electron chi connectivity index (χ3n) is 13.1. The number of fused-ring (bicyclic) bond motifs is 2. The average Bonchev–Trinajstić information content (AvgIpc) is 1.69. The second-order valence-electron chi connectivity index (χ2n) is 18.7. The van der Waals surface area contributed by atoms with Crippen LogP contribution >= 0.6 is 0 Å². The first-order valence-electron chi connectivity index (χ1n) is 31.3. The van der Waals surface area contributed by atoms with Gasteiger partial charge in [-0.25, -0.2) is 0 Å². The van der Waals surface area contributed by atoms with Crippen molar-refractivity contribution in [3.63, 3.8) is 0 Å². The average molecular weight is 1150 g/mol. The van der Waals surface area contributed by atoms with Crippen LogP contribution in [0.5, 0.6) is 11.6 Å². The Hall–Kier alpha value is -8.25. The van der Waals surface area contributed by atoms with Crippen LogP contribution in [-0.2, 0) is 24.8 Å². The number of hydrogen-bond acceptors (Lipinski definition) is 4. The molecule has 0 bridgehead atoms. The molecule has 0 fully saturated rings. The maximum atomic E-state index is 9.35. The van der Waals surface area contributed by atoms with Gasteiger partial charge < -0.3 is 0 Å². The van der Waals surface area contributed by atoms with Crippen molar-refractivity contribution < 1.29 is 44.7 Å². The van der Waals surface area contributed by atoms with Gasteiger partial charge in [-0.15, -0.1) is 6.07 Å². The molecule has 0 saturated heterocycles. The topological polar surface area (TPSA) is 38.5 Å². The Morgan fingerprint density at radius 2 is 1.31 bits per heavy atom. The van der Waals surface area contributed by atoms with Crippen LogP contribution in [0, 0.1) is 29.6 Å². The maximum absolute atomic E-state index is 9.35. The van der Waals surface area contributed by atoms with E-state index >= 15 is 0 Å². The monoisotopic (exact) mass is 1150 g/mol. The van der Waals surface area contributed by atoms with Crippen molar-refractivity contribution >= 4 is 46.4 Å². The summed E-state index contributed by atoms with van der Waals surface area (Å²) < 4.78 is 145. The number of ether oxygens (including phenoxy) is 1. The Morgan fingerprint density at radius 3 is 2.08 bits per heavy atom. The Bertz CT molecular complexity index is 4690. The number of aryl methyl sites for hydroxylation is 1. The van der Waals surface area contributed by atoms with E-state index in [9.17, 15) is 4.11 Å². The van der Waals surface area contributed by atoms with E-state index in [-0.39, 0.29) is 39.4 Å². The summed E-state index contributed by atoms with van der Waals surface area (Å²) in [6, 6.07) is 53.1. The van der Waals surface area contributed by atoms with Crippen molar-refractivity contribution in [2.75, 3.05) is 9.62 Å². The molecule has 0 N–H and O–H groups in total. The molecule has 1 aliphatic rings. The number of hydrogen-bond donors (Lipinski definition) is 0. The van der Waals surface area contributed by atoms with Crippen LogP contribution in [0.2, 0.25) is 0 Å². The van der Waals surface area contributed by atoms with E-state index in [0.29, 0.717) is 37.3 Å². The molecule has 8 heteroatoms. The number of imidazole rings is 1. The van der Waals surface area contributed by atoms with Gasteiger partial charge in [0.1, 0.15) is 0 Å². The van der Waals surface area contributed by atoms with Crippen molar-refractivity contribution in [3.8, 4) is 56.4 Å². The Labute approximate surface area is 466 Å². The molecule has 0 amide bonds. The predicted molar refractivity (Wildman–Crippen MR) is 301 cm³/mol. The Kier molecular flexibility index (Phi) is 8.54. The van der Waals surface area contributed by atoms with E-state index in [1.165, 1.54) is 12.1 Å². The quantitative estimate of drug-likeness (QED) is 0.101. The second kappa shape index (κ2) is 19.3. The molecule has 0 unspecified atom stereocenters. The van der Waals surface area contributed by atoms with E-state index < -0.39 is 92.1 Å². The normalized spacial score (nSPS) is 15.6. The van der Waals surface area contributed by atoms with E-state index in [0.717, 1.165) is 28.0 Å². The van der Waals surface area contributed by atoms with Crippen LogP contribution in [0.1, 0.15) is 58.0 Å². The van der Waals surface area contributed by atoms with E-state index in [1.807, 2.05) is 135 Å². The first-order valence-corrected chi connectivity index (χ1v) is 25.0.